The molecule has 4 aromatic rings. The number of hydrogen-bond donors (Lipinski definition) is 1. The molecule has 4 aromatic carbocycles. The molecule has 0 heterocycles. The fourth-order valence-electron chi connectivity index (χ4n) is 3.65. The Hall–Kier alpha value is -4.14. The molecule has 8 heteroatoms. The summed E-state index contributed by atoms with van der Waals surface area (Å²) in [6, 6.07) is 31.6. The summed E-state index contributed by atoms with van der Waals surface area (Å²) >= 11 is 0. The summed E-state index contributed by atoms with van der Waals surface area (Å²) in [5.41, 5.74) is 3.26. The predicted molar refractivity (Wildman–Crippen MR) is 146 cm³/mol. The predicted octanol–water partition coefficient (Wildman–Crippen LogP) is 6.95. The van der Waals surface area contributed by atoms with Crippen LogP contribution in [-0.2, 0) is 16.6 Å². The van der Waals surface area contributed by atoms with E-state index in [2.05, 4.69) is 15.5 Å². The molecule has 188 valence electrons. The maximum Gasteiger partial charge on any atom is 0.255 e. The highest BCUT2D eigenvalue weighted by atomic mass is 32.2. The molecular weight excluding hydrogens is 484 g/mol. The normalized spacial score (nSPS) is 11.8. The van der Waals surface area contributed by atoms with Crippen molar-refractivity contribution >= 4 is 33.0 Å². The number of anilines is 1. The number of carbonyl (C=O) groups excluding carboxylic acids is 1. The number of amides is 1. The van der Waals surface area contributed by atoms with Crippen molar-refractivity contribution < 1.29 is 13.2 Å². The van der Waals surface area contributed by atoms with Crippen LogP contribution in [0.1, 0.15) is 29.8 Å². The lowest BCUT2D eigenvalue weighted by atomic mass is 10.2. The van der Waals surface area contributed by atoms with Crippen LogP contribution in [0.5, 0.6) is 0 Å². The highest BCUT2D eigenvalue weighted by molar-refractivity contribution is 7.89. The molecule has 0 aromatic heterocycles. The summed E-state index contributed by atoms with van der Waals surface area (Å²) in [4.78, 5) is 12.9. The van der Waals surface area contributed by atoms with Gasteiger partial charge in [0.2, 0.25) is 10.0 Å². The van der Waals surface area contributed by atoms with Crippen molar-refractivity contribution in [2.75, 3.05) is 5.32 Å². The average molecular weight is 513 g/mol. The average Bonchev–Trinajstić information content (AvgIpc) is 2.92. The van der Waals surface area contributed by atoms with Crippen molar-refractivity contribution in [3.8, 4) is 0 Å². The molecule has 0 aliphatic carbocycles. The SMILES string of the molecule is CC(C)N(Cc1ccccc1)S(=O)(=O)c1ccc(C(=O)Nc2ccc(N=Nc3ccccc3)cc2)cc1. The molecule has 1 amide bonds. The van der Waals surface area contributed by atoms with Gasteiger partial charge in [-0.2, -0.15) is 14.5 Å². The van der Waals surface area contributed by atoms with Gasteiger partial charge < -0.3 is 5.32 Å². The van der Waals surface area contributed by atoms with E-state index in [-0.39, 0.29) is 23.4 Å². The van der Waals surface area contributed by atoms with Gasteiger partial charge in [0.05, 0.1) is 16.3 Å². The molecule has 0 aliphatic heterocycles. The number of nitrogens with one attached hydrogen (secondary N) is 1. The first-order chi connectivity index (χ1) is 17.8. The molecule has 4 rings (SSSR count). The van der Waals surface area contributed by atoms with Crippen molar-refractivity contribution in [3.05, 3.63) is 120 Å². The smallest absolute Gasteiger partial charge is 0.255 e. The molecule has 0 fully saturated rings. The van der Waals surface area contributed by atoms with E-state index >= 15 is 0 Å². The maximum atomic E-state index is 13.3. The Kier molecular flexibility index (Phi) is 8.22. The topological polar surface area (TPSA) is 91.2 Å². The third kappa shape index (κ3) is 6.75. The van der Waals surface area contributed by atoms with Crippen LogP contribution in [0.2, 0.25) is 0 Å². The van der Waals surface area contributed by atoms with E-state index in [1.54, 1.807) is 24.3 Å². The number of hydrogen-bond acceptors (Lipinski definition) is 5. The Bertz CT molecular complexity index is 1450. The van der Waals surface area contributed by atoms with E-state index < -0.39 is 10.0 Å². The van der Waals surface area contributed by atoms with E-state index in [4.69, 9.17) is 0 Å². The third-order valence-electron chi connectivity index (χ3n) is 5.64. The minimum atomic E-state index is -3.75. The number of nitrogens with zero attached hydrogens (tertiary/aromatic N) is 3. The summed E-state index contributed by atoms with van der Waals surface area (Å²) < 4.78 is 28.1. The Balaban J connectivity index is 1.42. The van der Waals surface area contributed by atoms with Crippen molar-refractivity contribution in [2.45, 2.75) is 31.3 Å². The van der Waals surface area contributed by atoms with Crippen LogP contribution < -0.4 is 5.32 Å². The van der Waals surface area contributed by atoms with Crippen LogP contribution in [0.3, 0.4) is 0 Å². The van der Waals surface area contributed by atoms with Gasteiger partial charge in [0, 0.05) is 23.8 Å². The Morgan fingerprint density at radius 2 is 1.30 bits per heavy atom. The van der Waals surface area contributed by atoms with E-state index in [1.807, 2.05) is 74.5 Å². The molecule has 0 saturated heterocycles. The molecule has 0 radical (unpaired) electrons. The first-order valence-electron chi connectivity index (χ1n) is 11.9. The highest BCUT2D eigenvalue weighted by Gasteiger charge is 2.27. The molecule has 0 saturated carbocycles. The molecule has 0 bridgehead atoms. The second-order valence-corrected chi connectivity index (χ2v) is 10.6. The van der Waals surface area contributed by atoms with Crippen molar-refractivity contribution in [1.29, 1.82) is 0 Å². The fraction of sp³-hybridized carbons (Fsp3) is 0.138. The van der Waals surface area contributed by atoms with Gasteiger partial charge in [-0.15, -0.1) is 0 Å². The van der Waals surface area contributed by atoms with E-state index in [9.17, 15) is 13.2 Å². The number of benzene rings is 4. The van der Waals surface area contributed by atoms with Crippen molar-refractivity contribution in [2.24, 2.45) is 10.2 Å². The van der Waals surface area contributed by atoms with Crippen LogP contribution in [0.25, 0.3) is 0 Å². The van der Waals surface area contributed by atoms with Gasteiger partial charge in [-0.05, 0) is 80.1 Å². The van der Waals surface area contributed by atoms with Crippen LogP contribution in [0.4, 0.5) is 17.1 Å². The third-order valence-corrected chi connectivity index (χ3v) is 7.68. The lowest BCUT2D eigenvalue weighted by Gasteiger charge is -2.26. The molecule has 7 nitrogen and oxygen atoms in total. The lowest BCUT2D eigenvalue weighted by molar-refractivity contribution is 0.102. The van der Waals surface area contributed by atoms with Gasteiger partial charge in [0.15, 0.2) is 0 Å². The fourth-order valence-corrected chi connectivity index (χ4v) is 5.27. The zero-order valence-corrected chi connectivity index (χ0v) is 21.5. The number of sulfonamides is 1. The molecule has 1 N–H and O–H groups in total. The molecule has 0 atom stereocenters. The number of carbonyl (C=O) groups is 1. The molecule has 0 unspecified atom stereocenters. The van der Waals surface area contributed by atoms with Crippen LogP contribution in [-0.4, -0.2) is 24.7 Å². The largest absolute Gasteiger partial charge is 0.322 e. The first kappa shape index (κ1) is 25.9. The minimum Gasteiger partial charge on any atom is -0.322 e. The van der Waals surface area contributed by atoms with Crippen molar-refractivity contribution in [1.82, 2.24) is 4.31 Å². The number of azo groups is 1. The van der Waals surface area contributed by atoms with Gasteiger partial charge in [-0.1, -0.05) is 48.5 Å². The zero-order valence-electron chi connectivity index (χ0n) is 20.7. The summed E-state index contributed by atoms with van der Waals surface area (Å²) in [7, 11) is -3.75. The molecule has 0 spiro atoms. The quantitative estimate of drug-likeness (QED) is 0.246. The lowest BCUT2D eigenvalue weighted by Crippen LogP contribution is -2.36. The number of rotatable bonds is 9. The Morgan fingerprint density at radius 1 is 0.757 bits per heavy atom. The van der Waals surface area contributed by atoms with E-state index in [0.29, 0.717) is 16.9 Å². The standard InChI is InChI=1S/C29H28N4O3S/c1-22(2)33(21-23-9-5-3-6-10-23)37(35,36)28-19-13-24(14-20-28)29(34)30-25-15-17-27(18-16-25)32-31-26-11-7-4-8-12-26/h3-20,22H,21H2,1-2H3,(H,30,34). The second kappa shape index (κ2) is 11.7. The van der Waals surface area contributed by atoms with Gasteiger partial charge in [0.1, 0.15) is 0 Å². The minimum absolute atomic E-state index is 0.141. The van der Waals surface area contributed by atoms with Crippen LogP contribution >= 0.6 is 0 Å². The van der Waals surface area contributed by atoms with Crippen LogP contribution in [0.15, 0.2) is 124 Å². The highest BCUT2D eigenvalue weighted by Crippen LogP contribution is 2.23. The van der Waals surface area contributed by atoms with E-state index in [1.165, 1.54) is 28.6 Å². The van der Waals surface area contributed by atoms with Gasteiger partial charge >= 0.3 is 0 Å². The summed E-state index contributed by atoms with van der Waals surface area (Å²) in [5, 5.41) is 11.2. The second-order valence-electron chi connectivity index (χ2n) is 8.69. The zero-order chi connectivity index (χ0) is 26.3. The molecule has 0 aliphatic rings. The van der Waals surface area contributed by atoms with Crippen LogP contribution in [0, 0.1) is 0 Å². The monoisotopic (exact) mass is 512 g/mol. The first-order valence-corrected chi connectivity index (χ1v) is 13.3. The maximum absolute atomic E-state index is 13.3. The Morgan fingerprint density at radius 3 is 1.86 bits per heavy atom. The van der Waals surface area contributed by atoms with Gasteiger partial charge in [-0.3, -0.25) is 4.79 Å². The van der Waals surface area contributed by atoms with Crippen molar-refractivity contribution in [3.63, 3.8) is 0 Å². The Labute approximate surface area is 217 Å². The molecular formula is C29H28N4O3S. The van der Waals surface area contributed by atoms with Gasteiger partial charge in [0.25, 0.3) is 5.91 Å². The summed E-state index contributed by atoms with van der Waals surface area (Å²) in [6.07, 6.45) is 0. The molecule has 37 heavy (non-hydrogen) atoms. The van der Waals surface area contributed by atoms with E-state index in [0.717, 1.165) is 11.3 Å². The summed E-state index contributed by atoms with van der Waals surface area (Å²) in [5.74, 6) is -0.340. The summed E-state index contributed by atoms with van der Waals surface area (Å²) in [6.45, 7) is 3.96. The van der Waals surface area contributed by atoms with Gasteiger partial charge in [-0.25, -0.2) is 8.42 Å².